The van der Waals surface area contributed by atoms with Crippen molar-refractivity contribution in [2.45, 2.75) is 13.8 Å². The smallest absolute Gasteiger partial charge is 0.352 e. The number of hydrogen-bond acceptors (Lipinski definition) is 5. The van der Waals surface area contributed by atoms with Crippen molar-refractivity contribution < 1.29 is 14.3 Å². The van der Waals surface area contributed by atoms with Crippen LogP contribution in [-0.2, 0) is 9.53 Å². The molecule has 0 fully saturated rings. The quantitative estimate of drug-likeness (QED) is 0.488. The van der Waals surface area contributed by atoms with Gasteiger partial charge in [0.05, 0.1) is 6.61 Å². The maximum atomic E-state index is 11.8. The second-order valence-corrected chi connectivity index (χ2v) is 5.08. The molecule has 1 aliphatic heterocycles. The molecule has 0 saturated carbocycles. The lowest BCUT2D eigenvalue weighted by Gasteiger charge is -2.21. The topological polar surface area (TPSA) is 62.6 Å². The van der Waals surface area contributed by atoms with Crippen LogP contribution in [0.4, 0.5) is 5.69 Å². The number of hydrogen-bond donors (Lipinski definition) is 0. The van der Waals surface area contributed by atoms with Crippen molar-refractivity contribution >= 4 is 17.2 Å². The predicted octanol–water partition coefficient (Wildman–Crippen LogP) is 2.89. The molecule has 5 heteroatoms. The van der Waals surface area contributed by atoms with E-state index < -0.39 is 5.97 Å². The third-order valence-corrected chi connectivity index (χ3v) is 3.31. The molecule has 22 heavy (non-hydrogen) atoms. The Hall–Kier alpha value is -2.74. The Labute approximate surface area is 130 Å². The normalized spacial score (nSPS) is 15.0. The molecule has 0 saturated heterocycles. The van der Waals surface area contributed by atoms with Crippen molar-refractivity contribution in [1.29, 1.82) is 5.26 Å². The van der Waals surface area contributed by atoms with Crippen LogP contribution in [0.1, 0.15) is 19.4 Å². The van der Waals surface area contributed by atoms with Crippen molar-refractivity contribution in [2.75, 3.05) is 25.6 Å². The molecule has 0 aliphatic carbocycles. The number of benzene rings is 1. The first kappa shape index (κ1) is 15.6. The maximum Gasteiger partial charge on any atom is 0.352 e. The number of nitriles is 1. The maximum absolute atomic E-state index is 11.8. The molecule has 0 N–H and O–H groups in total. The number of rotatable bonds is 3. The third-order valence-electron chi connectivity index (χ3n) is 3.31. The summed E-state index contributed by atoms with van der Waals surface area (Å²) in [6.45, 7) is 3.82. The molecule has 0 atom stereocenters. The molecule has 0 radical (unpaired) electrons. The Morgan fingerprint density at radius 2 is 2.14 bits per heavy atom. The fourth-order valence-electron chi connectivity index (χ4n) is 2.15. The molecular formula is C17H18N2O3. The van der Waals surface area contributed by atoms with E-state index in [9.17, 15) is 10.1 Å². The Kier molecular flexibility index (Phi) is 4.52. The summed E-state index contributed by atoms with van der Waals surface area (Å²) in [4.78, 5) is 13.8. The summed E-state index contributed by atoms with van der Waals surface area (Å²) in [6, 6.07) is 7.70. The first-order valence-corrected chi connectivity index (χ1v) is 6.97. The summed E-state index contributed by atoms with van der Waals surface area (Å²) < 4.78 is 10.7. The van der Waals surface area contributed by atoms with Gasteiger partial charge in [-0.2, -0.15) is 5.26 Å². The van der Waals surface area contributed by atoms with E-state index in [1.165, 1.54) is 0 Å². The van der Waals surface area contributed by atoms with Gasteiger partial charge in [0.15, 0.2) is 11.3 Å². The van der Waals surface area contributed by atoms with E-state index in [0.29, 0.717) is 5.75 Å². The minimum absolute atomic E-state index is 0.123. The second kappa shape index (κ2) is 6.35. The second-order valence-electron chi connectivity index (χ2n) is 5.08. The highest BCUT2D eigenvalue weighted by molar-refractivity contribution is 5.95. The number of esters is 1. The van der Waals surface area contributed by atoms with Crippen molar-refractivity contribution in [1.82, 2.24) is 0 Å². The number of anilines is 1. The third kappa shape index (κ3) is 2.96. The van der Waals surface area contributed by atoms with Crippen LogP contribution in [0.15, 0.2) is 35.6 Å². The van der Waals surface area contributed by atoms with E-state index in [1.54, 1.807) is 13.0 Å². The van der Waals surface area contributed by atoms with Crippen molar-refractivity contribution in [3.8, 4) is 11.8 Å². The molecule has 0 spiro atoms. The molecule has 0 amide bonds. The van der Waals surface area contributed by atoms with Gasteiger partial charge in [0.2, 0.25) is 0 Å². The minimum atomic E-state index is -0.670. The molecule has 114 valence electrons. The molecule has 0 bridgehead atoms. The van der Waals surface area contributed by atoms with E-state index in [0.717, 1.165) is 16.8 Å². The standard InChI is InChI=1S/C17H18N2O3/c1-5-21-17(20)14(10-18)15-8-11(2)13-7-6-12(19(3)4)9-16(13)22-15/h6-9H,5H2,1-4H3/b15-14-. The monoisotopic (exact) mass is 298 g/mol. The minimum Gasteiger partial charge on any atom is -0.462 e. The Morgan fingerprint density at radius 1 is 1.41 bits per heavy atom. The van der Waals surface area contributed by atoms with Crippen LogP contribution in [0.5, 0.6) is 5.75 Å². The van der Waals surface area contributed by atoms with Gasteiger partial charge in [-0.25, -0.2) is 4.79 Å². The lowest BCUT2D eigenvalue weighted by atomic mass is 10.0. The first-order valence-electron chi connectivity index (χ1n) is 6.97. The number of nitrogens with zero attached hydrogens (tertiary/aromatic N) is 2. The average molecular weight is 298 g/mol. The molecule has 1 aromatic carbocycles. The molecule has 5 nitrogen and oxygen atoms in total. The van der Waals surface area contributed by atoms with Gasteiger partial charge in [0.1, 0.15) is 11.8 Å². The van der Waals surface area contributed by atoms with Gasteiger partial charge in [-0.3, -0.25) is 0 Å². The summed E-state index contributed by atoms with van der Waals surface area (Å²) in [6.07, 6.45) is 1.69. The molecule has 0 unspecified atom stereocenters. The highest BCUT2D eigenvalue weighted by Gasteiger charge is 2.22. The molecule has 2 rings (SSSR count). The van der Waals surface area contributed by atoms with E-state index in [-0.39, 0.29) is 17.9 Å². The number of carbonyl (C=O) groups excluding carboxylic acids is 1. The number of ether oxygens (including phenoxy) is 2. The van der Waals surface area contributed by atoms with Crippen LogP contribution in [-0.4, -0.2) is 26.7 Å². The van der Waals surface area contributed by atoms with Crippen LogP contribution in [0.3, 0.4) is 0 Å². The summed E-state index contributed by atoms with van der Waals surface area (Å²) >= 11 is 0. The van der Waals surface area contributed by atoms with Crippen LogP contribution in [0.25, 0.3) is 5.57 Å². The predicted molar refractivity (Wildman–Crippen MR) is 84.3 cm³/mol. The van der Waals surface area contributed by atoms with E-state index in [4.69, 9.17) is 9.47 Å². The van der Waals surface area contributed by atoms with Crippen molar-refractivity contribution in [3.63, 3.8) is 0 Å². The fraction of sp³-hybridized carbons (Fsp3) is 0.294. The number of carbonyl (C=O) groups is 1. The first-order chi connectivity index (χ1) is 10.5. The van der Waals surface area contributed by atoms with Gasteiger partial charge in [0, 0.05) is 31.4 Å². The van der Waals surface area contributed by atoms with Crippen LogP contribution >= 0.6 is 0 Å². The average Bonchev–Trinajstić information content (AvgIpc) is 2.47. The molecule has 1 aromatic rings. The summed E-state index contributed by atoms with van der Waals surface area (Å²) in [5, 5.41) is 9.23. The van der Waals surface area contributed by atoms with Gasteiger partial charge in [-0.1, -0.05) is 0 Å². The van der Waals surface area contributed by atoms with Gasteiger partial charge in [-0.15, -0.1) is 0 Å². The van der Waals surface area contributed by atoms with E-state index in [1.807, 2.05) is 50.2 Å². The Balaban J connectivity index is 2.49. The zero-order chi connectivity index (χ0) is 16.3. The van der Waals surface area contributed by atoms with Crippen molar-refractivity contribution in [3.05, 3.63) is 41.2 Å². The molecular weight excluding hydrogens is 280 g/mol. The van der Waals surface area contributed by atoms with Gasteiger partial charge in [-0.05, 0) is 37.6 Å². The largest absolute Gasteiger partial charge is 0.462 e. The van der Waals surface area contributed by atoms with Gasteiger partial charge >= 0.3 is 5.97 Å². The van der Waals surface area contributed by atoms with Crippen LogP contribution in [0.2, 0.25) is 0 Å². The lowest BCUT2D eigenvalue weighted by molar-refractivity contribution is -0.138. The number of allylic oxidation sites excluding steroid dienone is 2. The molecule has 1 heterocycles. The lowest BCUT2D eigenvalue weighted by Crippen LogP contribution is -2.14. The molecule has 1 aliphatic rings. The highest BCUT2D eigenvalue weighted by atomic mass is 16.5. The molecule has 0 aromatic heterocycles. The number of fused-ring (bicyclic) bond motifs is 1. The van der Waals surface area contributed by atoms with Crippen molar-refractivity contribution in [2.24, 2.45) is 0 Å². The Morgan fingerprint density at radius 3 is 2.73 bits per heavy atom. The van der Waals surface area contributed by atoms with Crippen LogP contribution in [0, 0.1) is 11.3 Å². The van der Waals surface area contributed by atoms with Gasteiger partial charge < -0.3 is 14.4 Å². The summed E-state index contributed by atoms with van der Waals surface area (Å²) in [5.41, 5.74) is 2.72. The van der Waals surface area contributed by atoms with E-state index >= 15 is 0 Å². The SMILES string of the molecule is CCOC(=O)/C(C#N)=C1/C=C(C)c2ccc(N(C)C)cc2O1. The zero-order valence-corrected chi connectivity index (χ0v) is 13.1. The summed E-state index contributed by atoms with van der Waals surface area (Å²) in [5.74, 6) is 0.177. The van der Waals surface area contributed by atoms with E-state index in [2.05, 4.69) is 0 Å². The fourth-order valence-corrected chi connectivity index (χ4v) is 2.15. The Bertz CT molecular complexity index is 709. The zero-order valence-electron chi connectivity index (χ0n) is 13.1. The van der Waals surface area contributed by atoms with Gasteiger partial charge in [0.25, 0.3) is 0 Å². The highest BCUT2D eigenvalue weighted by Crippen LogP contribution is 2.36. The van der Waals surface area contributed by atoms with Crippen LogP contribution < -0.4 is 9.64 Å². The summed E-state index contributed by atoms with van der Waals surface area (Å²) in [7, 11) is 3.87.